The van der Waals surface area contributed by atoms with Gasteiger partial charge in [-0.25, -0.2) is 4.98 Å². The number of carbonyl (C=O) groups is 2. The zero-order valence-electron chi connectivity index (χ0n) is 17.6. The largest absolute Gasteiger partial charge is 0.348 e. The number of nitrogens with one attached hydrogen (secondary N) is 3. The smallest absolute Gasteiger partial charge is 0.252 e. The fourth-order valence-electron chi connectivity index (χ4n) is 3.43. The Labute approximate surface area is 179 Å². The molecule has 0 aliphatic carbocycles. The molecule has 0 spiro atoms. The minimum absolute atomic E-state index is 0.126. The third kappa shape index (κ3) is 4.45. The van der Waals surface area contributed by atoms with E-state index in [1.165, 1.54) is 6.92 Å². The Kier molecular flexibility index (Phi) is 5.49. The highest BCUT2D eigenvalue weighted by Crippen LogP contribution is 2.27. The molecule has 7 nitrogen and oxygen atoms in total. The lowest BCUT2D eigenvalue weighted by atomic mass is 10.0. The van der Waals surface area contributed by atoms with E-state index in [0.29, 0.717) is 23.5 Å². The normalized spacial score (nSPS) is 10.8. The van der Waals surface area contributed by atoms with Gasteiger partial charge in [-0.1, -0.05) is 23.8 Å². The standard InChI is InChI=1S/C24H23N5O2/c1-14-4-9-22-20(10-14)21(24(31)25-12-18-13-26-29-15(18)2)11-23(28-22)17-5-7-19(8-6-17)27-16(3)30/h4-11,13H,12H2,1-3H3,(H,25,31)(H,26,29)(H,27,30). The van der Waals surface area contributed by atoms with Gasteiger partial charge in [0.2, 0.25) is 5.91 Å². The first-order valence-electron chi connectivity index (χ1n) is 9.97. The van der Waals surface area contributed by atoms with Crippen LogP contribution in [0.4, 0.5) is 5.69 Å². The number of nitrogens with zero attached hydrogens (tertiary/aromatic N) is 2. The van der Waals surface area contributed by atoms with Crippen molar-refractivity contribution in [1.82, 2.24) is 20.5 Å². The molecule has 4 aromatic rings. The number of H-pyrrole nitrogens is 1. The van der Waals surface area contributed by atoms with Gasteiger partial charge in [-0.05, 0) is 44.2 Å². The first-order chi connectivity index (χ1) is 14.9. The van der Waals surface area contributed by atoms with E-state index in [9.17, 15) is 9.59 Å². The van der Waals surface area contributed by atoms with E-state index in [1.807, 2.05) is 62.4 Å². The van der Waals surface area contributed by atoms with Gasteiger partial charge in [-0.15, -0.1) is 0 Å². The summed E-state index contributed by atoms with van der Waals surface area (Å²) >= 11 is 0. The highest BCUT2D eigenvalue weighted by Gasteiger charge is 2.15. The molecule has 4 rings (SSSR count). The number of aromatic nitrogens is 3. The average molecular weight is 413 g/mol. The van der Waals surface area contributed by atoms with Crippen molar-refractivity contribution >= 4 is 28.4 Å². The third-order valence-electron chi connectivity index (χ3n) is 5.08. The van der Waals surface area contributed by atoms with E-state index in [0.717, 1.165) is 33.3 Å². The van der Waals surface area contributed by atoms with Crippen molar-refractivity contribution in [2.24, 2.45) is 0 Å². The minimum atomic E-state index is -0.172. The number of pyridine rings is 1. The van der Waals surface area contributed by atoms with Crippen molar-refractivity contribution in [1.29, 1.82) is 0 Å². The topological polar surface area (TPSA) is 99.8 Å². The summed E-state index contributed by atoms with van der Waals surface area (Å²) in [6, 6.07) is 15.1. The monoisotopic (exact) mass is 413 g/mol. The van der Waals surface area contributed by atoms with Crippen LogP contribution in [0.3, 0.4) is 0 Å². The molecule has 0 atom stereocenters. The number of aryl methyl sites for hydroxylation is 2. The maximum atomic E-state index is 13.1. The molecular formula is C24H23N5O2. The molecule has 0 radical (unpaired) electrons. The van der Waals surface area contributed by atoms with Crippen molar-refractivity contribution < 1.29 is 9.59 Å². The molecule has 0 saturated heterocycles. The number of amides is 2. The summed E-state index contributed by atoms with van der Waals surface area (Å²) in [6.07, 6.45) is 1.71. The summed E-state index contributed by atoms with van der Waals surface area (Å²) in [5.41, 5.74) is 6.50. The van der Waals surface area contributed by atoms with Crippen molar-refractivity contribution in [3.8, 4) is 11.3 Å². The molecule has 2 aromatic heterocycles. The van der Waals surface area contributed by atoms with Crippen molar-refractivity contribution in [3.05, 3.63) is 77.1 Å². The second-order valence-corrected chi connectivity index (χ2v) is 7.54. The van der Waals surface area contributed by atoms with Crippen LogP contribution in [0.5, 0.6) is 0 Å². The van der Waals surface area contributed by atoms with E-state index in [2.05, 4.69) is 20.8 Å². The molecule has 3 N–H and O–H groups in total. The molecular weight excluding hydrogens is 390 g/mol. The molecule has 2 aromatic carbocycles. The Hall–Kier alpha value is -4.00. The second-order valence-electron chi connectivity index (χ2n) is 7.54. The molecule has 0 saturated carbocycles. The maximum Gasteiger partial charge on any atom is 0.252 e. The number of fused-ring (bicyclic) bond motifs is 1. The van der Waals surface area contributed by atoms with Gasteiger partial charge in [-0.3, -0.25) is 14.7 Å². The summed E-state index contributed by atoms with van der Waals surface area (Å²) < 4.78 is 0. The maximum absolute atomic E-state index is 13.1. The summed E-state index contributed by atoms with van der Waals surface area (Å²) in [4.78, 5) is 29.1. The molecule has 0 unspecified atom stereocenters. The second kappa shape index (κ2) is 8.39. The van der Waals surface area contributed by atoms with Crippen LogP contribution in [0.25, 0.3) is 22.2 Å². The van der Waals surface area contributed by atoms with Crippen molar-refractivity contribution in [2.75, 3.05) is 5.32 Å². The van der Waals surface area contributed by atoms with Gasteiger partial charge < -0.3 is 10.6 Å². The van der Waals surface area contributed by atoms with Gasteiger partial charge >= 0.3 is 0 Å². The number of anilines is 1. The molecule has 0 fully saturated rings. The van der Waals surface area contributed by atoms with Gasteiger partial charge in [0.25, 0.3) is 5.91 Å². The Bertz CT molecular complexity index is 1280. The highest BCUT2D eigenvalue weighted by atomic mass is 16.2. The van der Waals surface area contributed by atoms with Crippen LogP contribution in [0.1, 0.15) is 34.1 Å². The number of aromatic amines is 1. The Balaban J connectivity index is 1.71. The number of benzene rings is 2. The predicted molar refractivity (Wildman–Crippen MR) is 121 cm³/mol. The molecule has 156 valence electrons. The number of carbonyl (C=O) groups excluding carboxylic acids is 2. The molecule has 31 heavy (non-hydrogen) atoms. The minimum Gasteiger partial charge on any atom is -0.348 e. The number of hydrogen-bond donors (Lipinski definition) is 3. The summed E-state index contributed by atoms with van der Waals surface area (Å²) in [6.45, 7) is 5.77. The molecule has 0 aliphatic heterocycles. The summed E-state index contributed by atoms with van der Waals surface area (Å²) in [5.74, 6) is -0.298. The quantitative estimate of drug-likeness (QED) is 0.458. The zero-order valence-corrected chi connectivity index (χ0v) is 17.6. The van der Waals surface area contributed by atoms with Crippen LogP contribution in [0.2, 0.25) is 0 Å². The van der Waals surface area contributed by atoms with Crippen LogP contribution in [-0.2, 0) is 11.3 Å². The van der Waals surface area contributed by atoms with Gasteiger partial charge in [-0.2, -0.15) is 5.10 Å². The summed E-state index contributed by atoms with van der Waals surface area (Å²) in [5, 5.41) is 13.4. The predicted octanol–water partition coefficient (Wildman–Crippen LogP) is 4.13. The highest BCUT2D eigenvalue weighted by molar-refractivity contribution is 6.07. The Morgan fingerprint density at radius 2 is 1.81 bits per heavy atom. The van der Waals surface area contributed by atoms with E-state index >= 15 is 0 Å². The summed E-state index contributed by atoms with van der Waals surface area (Å²) in [7, 11) is 0. The van der Waals surface area contributed by atoms with E-state index in [4.69, 9.17) is 4.98 Å². The third-order valence-corrected chi connectivity index (χ3v) is 5.08. The van der Waals surface area contributed by atoms with E-state index in [-0.39, 0.29) is 11.8 Å². The number of rotatable bonds is 5. The first-order valence-corrected chi connectivity index (χ1v) is 9.97. The zero-order chi connectivity index (χ0) is 22.0. The average Bonchev–Trinajstić information content (AvgIpc) is 3.16. The Morgan fingerprint density at radius 3 is 2.48 bits per heavy atom. The lowest BCUT2D eigenvalue weighted by Gasteiger charge is -2.12. The van der Waals surface area contributed by atoms with Crippen LogP contribution in [0.15, 0.2) is 54.7 Å². The van der Waals surface area contributed by atoms with Gasteiger partial charge in [0, 0.05) is 41.4 Å². The van der Waals surface area contributed by atoms with Crippen LogP contribution in [0, 0.1) is 13.8 Å². The lowest BCUT2D eigenvalue weighted by molar-refractivity contribution is -0.114. The van der Waals surface area contributed by atoms with Crippen LogP contribution < -0.4 is 10.6 Å². The van der Waals surface area contributed by atoms with Crippen molar-refractivity contribution in [2.45, 2.75) is 27.3 Å². The fraction of sp³-hybridized carbons (Fsp3) is 0.167. The van der Waals surface area contributed by atoms with Crippen LogP contribution >= 0.6 is 0 Å². The molecule has 0 bridgehead atoms. The molecule has 0 aliphatic rings. The van der Waals surface area contributed by atoms with E-state index < -0.39 is 0 Å². The first kappa shape index (κ1) is 20.3. The number of hydrogen-bond acceptors (Lipinski definition) is 4. The van der Waals surface area contributed by atoms with Crippen molar-refractivity contribution in [3.63, 3.8) is 0 Å². The SMILES string of the molecule is CC(=O)Nc1ccc(-c2cc(C(=O)NCc3cn[nH]c3C)c3cc(C)ccc3n2)cc1. The molecule has 2 amide bonds. The molecule has 2 heterocycles. The molecule has 7 heteroatoms. The lowest BCUT2D eigenvalue weighted by Crippen LogP contribution is -2.23. The van der Waals surface area contributed by atoms with E-state index in [1.54, 1.807) is 6.20 Å². The fourth-order valence-corrected chi connectivity index (χ4v) is 3.43. The van der Waals surface area contributed by atoms with Gasteiger partial charge in [0.15, 0.2) is 0 Å². The van der Waals surface area contributed by atoms with Gasteiger partial charge in [0.05, 0.1) is 23.0 Å². The van der Waals surface area contributed by atoms with Gasteiger partial charge in [0.1, 0.15) is 0 Å². The van der Waals surface area contributed by atoms with Crippen LogP contribution in [-0.4, -0.2) is 27.0 Å². The Morgan fingerprint density at radius 1 is 1.03 bits per heavy atom.